The highest BCUT2D eigenvalue weighted by molar-refractivity contribution is 7.11. The van der Waals surface area contributed by atoms with Gasteiger partial charge in [-0.3, -0.25) is 4.79 Å². The van der Waals surface area contributed by atoms with Crippen LogP contribution in [0, 0.1) is 18.6 Å². The van der Waals surface area contributed by atoms with E-state index >= 15 is 0 Å². The maximum atomic E-state index is 13.4. The fourth-order valence-electron chi connectivity index (χ4n) is 2.56. The molecule has 0 radical (unpaired) electrons. The molecule has 0 unspecified atom stereocenters. The van der Waals surface area contributed by atoms with Crippen LogP contribution >= 0.6 is 11.3 Å². The molecule has 27 heavy (non-hydrogen) atoms. The molecule has 1 amide bonds. The van der Waals surface area contributed by atoms with Crippen molar-refractivity contribution in [2.75, 3.05) is 6.54 Å². The van der Waals surface area contributed by atoms with Crippen LogP contribution in [0.25, 0.3) is 11.3 Å². The number of thiazole rings is 1. The number of aromatic amines is 1. The Balaban J connectivity index is 1.77. The van der Waals surface area contributed by atoms with Crippen LogP contribution in [0.3, 0.4) is 0 Å². The highest BCUT2D eigenvalue weighted by Crippen LogP contribution is 2.24. The van der Waals surface area contributed by atoms with E-state index in [4.69, 9.17) is 5.73 Å². The molecule has 2 heterocycles. The number of aryl methyl sites for hydroxylation is 1. The Labute approximate surface area is 158 Å². The molecule has 0 saturated carbocycles. The fraction of sp³-hybridized carbons (Fsp3) is 0.222. The Bertz CT molecular complexity index is 970. The molecule has 0 spiro atoms. The molecule has 0 aliphatic rings. The standard InChI is InChI=1S/C18H18F2N4O2S/c1-9-16(8-25)27-18(22-9)15(7-21)24-17(26)14-5-4-13(23-14)10-2-3-11(19)12(20)6-10/h2-6,15,23,25H,7-8,21H2,1H3,(H,24,26)/t15-/m1/s1. The van der Waals surface area contributed by atoms with Crippen LogP contribution in [0.15, 0.2) is 30.3 Å². The number of H-pyrrole nitrogens is 1. The van der Waals surface area contributed by atoms with E-state index in [1.807, 2.05) is 0 Å². The fourth-order valence-corrected chi connectivity index (χ4v) is 3.55. The van der Waals surface area contributed by atoms with Crippen molar-refractivity contribution in [1.29, 1.82) is 0 Å². The molecule has 0 fully saturated rings. The summed E-state index contributed by atoms with van der Waals surface area (Å²) in [4.78, 5) is 20.5. The molecule has 0 aliphatic carbocycles. The maximum absolute atomic E-state index is 13.4. The van der Waals surface area contributed by atoms with E-state index in [9.17, 15) is 18.7 Å². The summed E-state index contributed by atoms with van der Waals surface area (Å²) < 4.78 is 26.5. The zero-order valence-electron chi connectivity index (χ0n) is 14.4. The highest BCUT2D eigenvalue weighted by atomic mass is 32.1. The predicted molar refractivity (Wildman–Crippen MR) is 98.2 cm³/mol. The number of nitrogens with two attached hydrogens (primary N) is 1. The molecule has 9 heteroatoms. The second-order valence-corrected chi connectivity index (χ2v) is 7.01. The first-order chi connectivity index (χ1) is 12.9. The van der Waals surface area contributed by atoms with E-state index < -0.39 is 23.6 Å². The third kappa shape index (κ3) is 4.05. The van der Waals surface area contributed by atoms with Crippen molar-refractivity contribution in [3.05, 3.63) is 63.2 Å². The number of halogens is 2. The summed E-state index contributed by atoms with van der Waals surface area (Å²) in [5, 5.41) is 12.7. The van der Waals surface area contributed by atoms with Gasteiger partial charge < -0.3 is 21.1 Å². The first kappa shape index (κ1) is 19.2. The van der Waals surface area contributed by atoms with Crippen LogP contribution < -0.4 is 11.1 Å². The number of carbonyl (C=O) groups is 1. The summed E-state index contributed by atoms with van der Waals surface area (Å²) in [6, 6.07) is 6.15. The average molecular weight is 392 g/mol. The SMILES string of the molecule is Cc1nc([C@@H](CN)NC(=O)c2ccc(-c3ccc(F)c(F)c3)[nH]2)sc1CO. The van der Waals surface area contributed by atoms with Crippen LogP contribution in [0.4, 0.5) is 8.78 Å². The van der Waals surface area contributed by atoms with Crippen molar-refractivity contribution in [2.24, 2.45) is 5.73 Å². The number of benzene rings is 1. The van der Waals surface area contributed by atoms with E-state index in [0.717, 1.165) is 17.0 Å². The van der Waals surface area contributed by atoms with Gasteiger partial charge in [-0.1, -0.05) is 0 Å². The molecule has 6 nitrogen and oxygen atoms in total. The normalized spacial score (nSPS) is 12.2. The lowest BCUT2D eigenvalue weighted by Gasteiger charge is -2.13. The smallest absolute Gasteiger partial charge is 0.268 e. The minimum Gasteiger partial charge on any atom is -0.391 e. The van der Waals surface area contributed by atoms with Crippen molar-refractivity contribution < 1.29 is 18.7 Å². The molecule has 2 aromatic heterocycles. The molecule has 1 atom stereocenters. The molecule has 1 aromatic carbocycles. The first-order valence-corrected chi connectivity index (χ1v) is 8.97. The number of aromatic nitrogens is 2. The maximum Gasteiger partial charge on any atom is 0.268 e. The van der Waals surface area contributed by atoms with Crippen LogP contribution in [0.2, 0.25) is 0 Å². The molecule has 3 aromatic rings. The number of hydrogen-bond acceptors (Lipinski definition) is 5. The van der Waals surface area contributed by atoms with Gasteiger partial charge in [0.2, 0.25) is 0 Å². The number of hydrogen-bond donors (Lipinski definition) is 4. The van der Waals surface area contributed by atoms with Gasteiger partial charge in [0.15, 0.2) is 11.6 Å². The molecule has 0 bridgehead atoms. The van der Waals surface area contributed by atoms with Crippen LogP contribution in [-0.2, 0) is 6.61 Å². The number of rotatable bonds is 6. The van der Waals surface area contributed by atoms with Gasteiger partial charge in [-0.15, -0.1) is 11.3 Å². The summed E-state index contributed by atoms with van der Waals surface area (Å²) in [5.74, 6) is -2.30. The number of aliphatic hydroxyl groups excluding tert-OH is 1. The summed E-state index contributed by atoms with van der Waals surface area (Å²) in [6.07, 6.45) is 0. The number of nitrogens with one attached hydrogen (secondary N) is 2. The van der Waals surface area contributed by atoms with Crippen molar-refractivity contribution in [3.8, 4) is 11.3 Å². The Hall–Kier alpha value is -2.62. The van der Waals surface area contributed by atoms with Crippen molar-refractivity contribution in [3.63, 3.8) is 0 Å². The van der Waals surface area contributed by atoms with Gasteiger partial charge in [0, 0.05) is 17.8 Å². The van der Waals surface area contributed by atoms with Gasteiger partial charge >= 0.3 is 0 Å². The second kappa shape index (κ2) is 7.95. The van der Waals surface area contributed by atoms with Crippen LogP contribution in [0.5, 0.6) is 0 Å². The Morgan fingerprint density at radius 3 is 2.74 bits per heavy atom. The summed E-state index contributed by atoms with van der Waals surface area (Å²) in [6.45, 7) is 1.79. The van der Waals surface area contributed by atoms with Gasteiger partial charge in [-0.25, -0.2) is 13.8 Å². The number of carbonyl (C=O) groups excluding carboxylic acids is 1. The topological polar surface area (TPSA) is 104 Å². The van der Waals surface area contributed by atoms with Gasteiger partial charge in [0.1, 0.15) is 10.7 Å². The quantitative estimate of drug-likeness (QED) is 0.518. The monoisotopic (exact) mass is 392 g/mol. The lowest BCUT2D eigenvalue weighted by molar-refractivity contribution is 0.0933. The number of nitrogens with zero attached hydrogens (tertiary/aromatic N) is 1. The number of amides is 1. The van der Waals surface area contributed by atoms with Crippen molar-refractivity contribution in [1.82, 2.24) is 15.3 Å². The van der Waals surface area contributed by atoms with Gasteiger partial charge in [0.25, 0.3) is 5.91 Å². The Morgan fingerprint density at radius 2 is 2.11 bits per heavy atom. The molecule has 142 valence electrons. The van der Waals surface area contributed by atoms with Gasteiger partial charge in [-0.05, 0) is 37.3 Å². The summed E-state index contributed by atoms with van der Waals surface area (Å²) in [7, 11) is 0. The molecule has 3 rings (SSSR count). The Kier molecular flexibility index (Phi) is 5.64. The average Bonchev–Trinajstić information content (AvgIpc) is 3.28. The third-order valence-corrected chi connectivity index (χ3v) is 5.31. The zero-order chi connectivity index (χ0) is 19.6. The largest absolute Gasteiger partial charge is 0.391 e. The van der Waals surface area contributed by atoms with Crippen LogP contribution in [0.1, 0.15) is 32.1 Å². The summed E-state index contributed by atoms with van der Waals surface area (Å²) >= 11 is 1.29. The lowest BCUT2D eigenvalue weighted by Crippen LogP contribution is -2.33. The van der Waals surface area contributed by atoms with Gasteiger partial charge in [-0.2, -0.15) is 0 Å². The highest BCUT2D eigenvalue weighted by Gasteiger charge is 2.20. The number of aliphatic hydroxyl groups is 1. The van der Waals surface area contributed by atoms with Crippen LogP contribution in [-0.4, -0.2) is 27.5 Å². The summed E-state index contributed by atoms with van der Waals surface area (Å²) in [5.41, 5.74) is 7.62. The molecule has 0 saturated heterocycles. The second-order valence-electron chi connectivity index (χ2n) is 5.90. The van der Waals surface area contributed by atoms with Crippen molar-refractivity contribution in [2.45, 2.75) is 19.6 Å². The van der Waals surface area contributed by atoms with Gasteiger partial charge in [0.05, 0.1) is 23.2 Å². The lowest BCUT2D eigenvalue weighted by atomic mass is 10.1. The van der Waals surface area contributed by atoms with Crippen molar-refractivity contribution >= 4 is 17.2 Å². The van der Waals surface area contributed by atoms with E-state index in [1.54, 1.807) is 19.1 Å². The minimum atomic E-state index is -0.963. The minimum absolute atomic E-state index is 0.122. The van der Waals surface area contributed by atoms with E-state index in [2.05, 4.69) is 15.3 Å². The zero-order valence-corrected chi connectivity index (χ0v) is 15.2. The molecule has 0 aliphatic heterocycles. The molecule has 5 N–H and O–H groups in total. The van der Waals surface area contributed by atoms with E-state index in [1.165, 1.54) is 17.4 Å². The predicted octanol–water partition coefficient (Wildman–Crippen LogP) is 2.65. The van der Waals surface area contributed by atoms with E-state index in [-0.39, 0.29) is 18.8 Å². The third-order valence-electron chi connectivity index (χ3n) is 4.05. The first-order valence-electron chi connectivity index (χ1n) is 8.15. The molecular weight excluding hydrogens is 374 g/mol. The van der Waals surface area contributed by atoms with E-state index in [0.29, 0.717) is 22.0 Å². The Morgan fingerprint density at radius 1 is 1.33 bits per heavy atom. The molecular formula is C18H18F2N4O2S.